The number of benzene rings is 2. The van der Waals surface area contributed by atoms with Crippen molar-refractivity contribution in [3.05, 3.63) is 68.4 Å². The van der Waals surface area contributed by atoms with Crippen molar-refractivity contribution in [1.29, 1.82) is 0 Å². The van der Waals surface area contributed by atoms with Crippen molar-refractivity contribution in [2.45, 2.75) is 12.5 Å². The van der Waals surface area contributed by atoms with E-state index in [4.69, 9.17) is 34.8 Å². The lowest BCUT2D eigenvalue weighted by molar-refractivity contribution is 0.178. The van der Waals surface area contributed by atoms with Crippen LogP contribution in [-0.2, 0) is 6.42 Å². The topological polar surface area (TPSA) is 20.2 Å². The van der Waals surface area contributed by atoms with Gasteiger partial charge in [-0.15, -0.1) is 0 Å². The van der Waals surface area contributed by atoms with Crippen molar-refractivity contribution >= 4 is 34.8 Å². The number of aliphatic hydroxyl groups excluding tert-OH is 1. The van der Waals surface area contributed by atoms with Gasteiger partial charge in [-0.2, -0.15) is 0 Å². The van der Waals surface area contributed by atoms with Crippen molar-refractivity contribution in [1.82, 2.24) is 0 Å². The van der Waals surface area contributed by atoms with Gasteiger partial charge in [0.1, 0.15) is 5.82 Å². The Morgan fingerprint density at radius 2 is 1.84 bits per heavy atom. The average molecular weight is 320 g/mol. The Bertz CT molecular complexity index is 601. The van der Waals surface area contributed by atoms with Crippen molar-refractivity contribution in [3.63, 3.8) is 0 Å². The van der Waals surface area contributed by atoms with Gasteiger partial charge in [0.25, 0.3) is 0 Å². The summed E-state index contributed by atoms with van der Waals surface area (Å²) >= 11 is 17.7. The molecule has 0 radical (unpaired) electrons. The zero-order valence-electron chi connectivity index (χ0n) is 9.71. The molecule has 19 heavy (non-hydrogen) atoms. The SMILES string of the molecule is OC(Cc1cc(Cl)ccc1Cl)c1cccc(F)c1Cl. The van der Waals surface area contributed by atoms with Crippen LogP contribution in [0.3, 0.4) is 0 Å². The first kappa shape index (κ1) is 14.6. The van der Waals surface area contributed by atoms with Crippen LogP contribution in [-0.4, -0.2) is 5.11 Å². The second kappa shape index (κ2) is 6.10. The molecular formula is C14H10Cl3FO. The van der Waals surface area contributed by atoms with Gasteiger partial charge < -0.3 is 5.11 Å². The van der Waals surface area contributed by atoms with E-state index in [1.54, 1.807) is 24.3 Å². The molecule has 1 N–H and O–H groups in total. The Morgan fingerprint density at radius 1 is 1.11 bits per heavy atom. The average Bonchev–Trinajstić information content (AvgIpc) is 2.37. The van der Waals surface area contributed by atoms with Crippen molar-refractivity contribution in [2.24, 2.45) is 0 Å². The molecule has 100 valence electrons. The summed E-state index contributed by atoms with van der Waals surface area (Å²) < 4.78 is 13.3. The largest absolute Gasteiger partial charge is 0.388 e. The first-order valence-electron chi connectivity index (χ1n) is 5.55. The van der Waals surface area contributed by atoms with E-state index in [9.17, 15) is 9.50 Å². The molecule has 0 aromatic heterocycles. The molecule has 1 atom stereocenters. The summed E-state index contributed by atoms with van der Waals surface area (Å²) in [7, 11) is 0. The zero-order chi connectivity index (χ0) is 14.0. The zero-order valence-corrected chi connectivity index (χ0v) is 12.0. The summed E-state index contributed by atoms with van der Waals surface area (Å²) in [6, 6.07) is 9.30. The Hall–Kier alpha value is -0.800. The highest BCUT2D eigenvalue weighted by molar-refractivity contribution is 6.33. The predicted octanol–water partition coefficient (Wildman–Crippen LogP) is 5.06. The molecule has 0 amide bonds. The molecule has 0 spiro atoms. The number of halogens is 4. The van der Waals surface area contributed by atoms with Gasteiger partial charge in [0.15, 0.2) is 0 Å². The third-order valence-electron chi connectivity index (χ3n) is 2.76. The maximum atomic E-state index is 13.3. The standard InChI is InChI=1S/C14H10Cl3FO/c15-9-4-5-11(16)8(6-9)7-13(19)10-2-1-3-12(18)14(10)17/h1-6,13,19H,7H2. The second-order valence-corrected chi connectivity index (χ2v) is 5.32. The molecule has 2 aromatic carbocycles. The minimum Gasteiger partial charge on any atom is -0.388 e. The van der Waals surface area contributed by atoms with Gasteiger partial charge in [-0.05, 0) is 29.8 Å². The highest BCUT2D eigenvalue weighted by Crippen LogP contribution is 2.30. The lowest BCUT2D eigenvalue weighted by Crippen LogP contribution is -2.04. The molecule has 0 aliphatic carbocycles. The van der Waals surface area contributed by atoms with Gasteiger partial charge in [0.2, 0.25) is 0 Å². The molecule has 0 aliphatic rings. The molecule has 2 rings (SSSR count). The van der Waals surface area contributed by atoms with Crippen molar-refractivity contribution in [3.8, 4) is 0 Å². The molecule has 5 heteroatoms. The number of hydrogen-bond acceptors (Lipinski definition) is 1. The first-order chi connectivity index (χ1) is 8.99. The number of rotatable bonds is 3. The molecule has 0 saturated heterocycles. The van der Waals surface area contributed by atoms with E-state index >= 15 is 0 Å². The van der Waals surface area contributed by atoms with E-state index in [0.29, 0.717) is 21.2 Å². The van der Waals surface area contributed by atoms with Crippen LogP contribution in [0.4, 0.5) is 4.39 Å². The van der Waals surface area contributed by atoms with Gasteiger partial charge in [-0.25, -0.2) is 4.39 Å². The summed E-state index contributed by atoms with van der Waals surface area (Å²) in [5.74, 6) is -0.560. The molecule has 1 nitrogen and oxygen atoms in total. The first-order valence-corrected chi connectivity index (χ1v) is 6.68. The van der Waals surface area contributed by atoms with Crippen molar-refractivity contribution in [2.75, 3.05) is 0 Å². The van der Waals surface area contributed by atoms with Crippen LogP contribution in [0.2, 0.25) is 15.1 Å². The molecular weight excluding hydrogens is 310 g/mol. The minimum absolute atomic E-state index is 0.0758. The van der Waals surface area contributed by atoms with Crippen LogP contribution in [0.15, 0.2) is 36.4 Å². The predicted molar refractivity (Wildman–Crippen MR) is 76.5 cm³/mol. The van der Waals surface area contributed by atoms with Crippen LogP contribution in [0.5, 0.6) is 0 Å². The third kappa shape index (κ3) is 3.40. The highest BCUT2D eigenvalue weighted by atomic mass is 35.5. The Kier molecular flexibility index (Phi) is 4.69. The third-order valence-corrected chi connectivity index (χ3v) is 3.76. The summed E-state index contributed by atoms with van der Waals surface area (Å²) in [6.45, 7) is 0. The fraction of sp³-hybridized carbons (Fsp3) is 0.143. The fourth-order valence-corrected chi connectivity index (χ4v) is 2.44. The number of hydrogen-bond donors (Lipinski definition) is 1. The smallest absolute Gasteiger partial charge is 0.142 e. The second-order valence-electron chi connectivity index (χ2n) is 4.10. The molecule has 0 bridgehead atoms. The normalized spacial score (nSPS) is 12.5. The lowest BCUT2D eigenvalue weighted by Gasteiger charge is -2.14. The summed E-state index contributed by atoms with van der Waals surface area (Å²) in [6.07, 6.45) is -0.734. The molecule has 0 heterocycles. The molecule has 1 unspecified atom stereocenters. The van der Waals surface area contributed by atoms with E-state index in [-0.39, 0.29) is 11.4 Å². The maximum absolute atomic E-state index is 13.3. The Morgan fingerprint density at radius 3 is 2.58 bits per heavy atom. The highest BCUT2D eigenvalue weighted by Gasteiger charge is 2.16. The summed E-state index contributed by atoms with van der Waals surface area (Å²) in [4.78, 5) is 0. The van der Waals surface area contributed by atoms with Crippen LogP contribution < -0.4 is 0 Å². The molecule has 0 aliphatic heterocycles. The van der Waals surface area contributed by atoms with Crippen LogP contribution in [0.25, 0.3) is 0 Å². The van der Waals surface area contributed by atoms with E-state index in [0.717, 1.165) is 0 Å². The van der Waals surface area contributed by atoms with E-state index in [2.05, 4.69) is 0 Å². The Labute approximate surface area is 125 Å². The fourth-order valence-electron chi connectivity index (χ4n) is 1.80. The van der Waals surface area contributed by atoms with Gasteiger partial charge >= 0.3 is 0 Å². The quantitative estimate of drug-likeness (QED) is 0.838. The summed E-state index contributed by atoms with van der Waals surface area (Å²) in [5.41, 5.74) is 1.01. The molecule has 0 fully saturated rings. The van der Waals surface area contributed by atoms with E-state index in [1.807, 2.05) is 0 Å². The number of aliphatic hydroxyl groups is 1. The van der Waals surface area contributed by atoms with E-state index in [1.165, 1.54) is 12.1 Å². The van der Waals surface area contributed by atoms with Gasteiger partial charge in [0.05, 0.1) is 11.1 Å². The lowest BCUT2D eigenvalue weighted by atomic mass is 10.0. The molecule has 2 aromatic rings. The van der Waals surface area contributed by atoms with Crippen LogP contribution in [0.1, 0.15) is 17.2 Å². The van der Waals surface area contributed by atoms with Crippen LogP contribution in [0, 0.1) is 5.82 Å². The van der Waals surface area contributed by atoms with Gasteiger partial charge in [0, 0.05) is 22.0 Å². The van der Waals surface area contributed by atoms with Crippen LogP contribution >= 0.6 is 34.8 Å². The van der Waals surface area contributed by atoms with Gasteiger partial charge in [-0.1, -0.05) is 46.9 Å². The summed E-state index contributed by atoms with van der Waals surface area (Å²) in [5, 5.41) is 11.1. The van der Waals surface area contributed by atoms with Crippen molar-refractivity contribution < 1.29 is 9.50 Å². The van der Waals surface area contributed by atoms with E-state index < -0.39 is 11.9 Å². The van der Waals surface area contributed by atoms with Gasteiger partial charge in [-0.3, -0.25) is 0 Å². The monoisotopic (exact) mass is 318 g/mol. The molecule has 0 saturated carbocycles. The maximum Gasteiger partial charge on any atom is 0.142 e. The Balaban J connectivity index is 2.28. The minimum atomic E-state index is -0.945.